The highest BCUT2D eigenvalue weighted by molar-refractivity contribution is 5.72. The molecule has 0 aliphatic carbocycles. The van der Waals surface area contributed by atoms with Crippen LogP contribution in [-0.4, -0.2) is 14.4 Å². The Hall–Kier alpha value is -4.59. The maximum absolute atomic E-state index is 14.0. The average Bonchev–Trinajstić information content (AvgIpc) is 2.73. The summed E-state index contributed by atoms with van der Waals surface area (Å²) in [5.74, 6) is -2.73. The minimum atomic E-state index is -0.886. The number of rotatable bonds is 4. The van der Waals surface area contributed by atoms with Gasteiger partial charge in [0.2, 0.25) is 5.95 Å². The molecule has 1 aromatic carbocycles. The number of nitrogen functional groups attached to an aromatic ring is 2. The Morgan fingerprint density at radius 2 is 1.76 bits per heavy atom. The maximum atomic E-state index is 14.0. The van der Waals surface area contributed by atoms with E-state index >= 15 is 0 Å². The van der Waals surface area contributed by atoms with Crippen molar-refractivity contribution in [3.63, 3.8) is 0 Å². The second kappa shape index (κ2) is 8.16. The summed E-state index contributed by atoms with van der Waals surface area (Å²) in [5.41, 5.74) is 11.2. The Kier molecular flexibility index (Phi) is 5.35. The fourth-order valence-electron chi connectivity index (χ4n) is 3.58. The highest BCUT2D eigenvalue weighted by Crippen LogP contribution is 2.31. The van der Waals surface area contributed by atoms with Gasteiger partial charge in [-0.1, -0.05) is 0 Å². The number of nitrogens with two attached hydrogens (primary N) is 2. The number of hydrogen-bond donors (Lipinski definition) is 3. The first-order valence-electron chi connectivity index (χ1n) is 9.59. The standard InChI is InChI=1S/C22H16F3N7O/c1-10(29-20-17(8-26)19(27)30-22(28)31-20)16-7-15-3-2-12(23)9-32(15)21(33)18(16)11-4-13(24)6-14(25)5-11/h2-7,9-10H,1H3,(H5,27,28,29,30,31)/t10-/m0/s1. The van der Waals surface area contributed by atoms with Gasteiger partial charge in [0.05, 0.1) is 11.6 Å². The number of nitrogens with zero attached hydrogens (tertiary/aromatic N) is 4. The molecule has 1 atom stereocenters. The second-order valence-electron chi connectivity index (χ2n) is 7.25. The zero-order chi connectivity index (χ0) is 23.9. The largest absolute Gasteiger partial charge is 0.382 e. The molecule has 0 aliphatic heterocycles. The zero-order valence-corrected chi connectivity index (χ0v) is 17.1. The van der Waals surface area contributed by atoms with Gasteiger partial charge >= 0.3 is 0 Å². The Bertz CT molecular complexity index is 1490. The van der Waals surface area contributed by atoms with E-state index in [-0.39, 0.29) is 34.3 Å². The molecule has 0 amide bonds. The smallest absolute Gasteiger partial charge is 0.263 e. The Balaban J connectivity index is 1.96. The van der Waals surface area contributed by atoms with Crippen LogP contribution in [0.1, 0.15) is 24.1 Å². The zero-order valence-electron chi connectivity index (χ0n) is 17.1. The van der Waals surface area contributed by atoms with Gasteiger partial charge in [-0.2, -0.15) is 15.2 Å². The number of aromatic nitrogens is 3. The third kappa shape index (κ3) is 4.01. The average molecular weight is 451 g/mol. The van der Waals surface area contributed by atoms with Crippen LogP contribution in [0, 0.1) is 28.8 Å². The first-order valence-corrected chi connectivity index (χ1v) is 9.59. The molecule has 11 heteroatoms. The maximum Gasteiger partial charge on any atom is 0.263 e. The molecule has 0 unspecified atom stereocenters. The molecule has 0 radical (unpaired) electrons. The predicted octanol–water partition coefficient (Wildman–Crippen LogP) is 3.38. The lowest BCUT2D eigenvalue weighted by molar-refractivity contribution is 0.584. The van der Waals surface area contributed by atoms with E-state index in [1.807, 2.05) is 6.07 Å². The van der Waals surface area contributed by atoms with E-state index in [0.717, 1.165) is 22.7 Å². The van der Waals surface area contributed by atoms with Crippen LogP contribution in [0.25, 0.3) is 16.6 Å². The molecule has 0 aliphatic rings. The molecule has 0 saturated carbocycles. The van der Waals surface area contributed by atoms with Crippen LogP contribution in [0.15, 0.2) is 47.4 Å². The van der Waals surface area contributed by atoms with Crippen molar-refractivity contribution < 1.29 is 13.2 Å². The summed E-state index contributed by atoms with van der Waals surface area (Å²) in [4.78, 5) is 21.1. The highest BCUT2D eigenvalue weighted by atomic mass is 19.1. The monoisotopic (exact) mass is 451 g/mol. The molecule has 5 N–H and O–H groups in total. The van der Waals surface area contributed by atoms with Crippen LogP contribution in [0.4, 0.5) is 30.8 Å². The Morgan fingerprint density at radius 1 is 1.06 bits per heavy atom. The summed E-state index contributed by atoms with van der Waals surface area (Å²) in [5, 5.41) is 12.4. The van der Waals surface area contributed by atoms with E-state index in [2.05, 4.69) is 15.3 Å². The van der Waals surface area contributed by atoms with E-state index in [9.17, 15) is 23.2 Å². The summed E-state index contributed by atoms with van der Waals surface area (Å²) < 4.78 is 42.8. The van der Waals surface area contributed by atoms with Gasteiger partial charge in [-0.3, -0.25) is 9.20 Å². The lowest BCUT2D eigenvalue weighted by atomic mass is 9.96. The first kappa shape index (κ1) is 21.6. The molecule has 3 heterocycles. The van der Waals surface area contributed by atoms with E-state index < -0.39 is 29.1 Å². The van der Waals surface area contributed by atoms with Crippen molar-refractivity contribution in [3.05, 3.63) is 81.5 Å². The summed E-state index contributed by atoms with van der Waals surface area (Å²) in [7, 11) is 0. The fraction of sp³-hybridized carbons (Fsp3) is 0.0909. The second-order valence-corrected chi connectivity index (χ2v) is 7.25. The Morgan fingerprint density at radius 3 is 2.42 bits per heavy atom. The number of halogens is 3. The Labute approximate surface area is 184 Å². The van der Waals surface area contributed by atoms with Gasteiger partial charge in [-0.25, -0.2) is 13.2 Å². The van der Waals surface area contributed by atoms with Gasteiger partial charge in [0.1, 0.15) is 34.9 Å². The summed E-state index contributed by atoms with van der Waals surface area (Å²) in [6.07, 6.45) is 0.984. The molecule has 4 rings (SSSR count). The third-order valence-electron chi connectivity index (χ3n) is 5.01. The van der Waals surface area contributed by atoms with Gasteiger partial charge < -0.3 is 16.8 Å². The minimum absolute atomic E-state index is 0.0191. The molecule has 3 aromatic heterocycles. The molecule has 166 valence electrons. The van der Waals surface area contributed by atoms with Crippen LogP contribution in [0.5, 0.6) is 0 Å². The molecule has 4 aromatic rings. The predicted molar refractivity (Wildman–Crippen MR) is 117 cm³/mol. The van der Waals surface area contributed by atoms with Crippen molar-refractivity contribution in [2.75, 3.05) is 16.8 Å². The van der Waals surface area contributed by atoms with E-state index in [1.54, 1.807) is 13.0 Å². The number of benzene rings is 1. The number of nitriles is 1. The molecule has 0 bridgehead atoms. The summed E-state index contributed by atoms with van der Waals surface area (Å²) >= 11 is 0. The van der Waals surface area contributed by atoms with Crippen LogP contribution in [0.3, 0.4) is 0 Å². The third-order valence-corrected chi connectivity index (χ3v) is 5.01. The molecule has 33 heavy (non-hydrogen) atoms. The molecule has 0 spiro atoms. The molecule has 0 saturated heterocycles. The van der Waals surface area contributed by atoms with Crippen molar-refractivity contribution >= 4 is 23.1 Å². The van der Waals surface area contributed by atoms with Crippen LogP contribution in [0.2, 0.25) is 0 Å². The number of nitrogens with one attached hydrogen (secondary N) is 1. The first-order chi connectivity index (χ1) is 15.7. The van der Waals surface area contributed by atoms with Crippen molar-refractivity contribution in [1.29, 1.82) is 5.26 Å². The van der Waals surface area contributed by atoms with Crippen LogP contribution >= 0.6 is 0 Å². The van der Waals surface area contributed by atoms with Gasteiger partial charge in [0.25, 0.3) is 5.56 Å². The van der Waals surface area contributed by atoms with Crippen molar-refractivity contribution in [2.24, 2.45) is 0 Å². The van der Waals surface area contributed by atoms with Crippen molar-refractivity contribution in [3.8, 4) is 17.2 Å². The van der Waals surface area contributed by atoms with Gasteiger partial charge in [-0.15, -0.1) is 0 Å². The van der Waals surface area contributed by atoms with E-state index in [0.29, 0.717) is 17.1 Å². The van der Waals surface area contributed by atoms with Gasteiger partial charge in [0, 0.05) is 17.8 Å². The van der Waals surface area contributed by atoms with Gasteiger partial charge in [-0.05, 0) is 48.4 Å². The van der Waals surface area contributed by atoms with Gasteiger partial charge in [0.15, 0.2) is 5.82 Å². The number of hydrogen-bond acceptors (Lipinski definition) is 7. The van der Waals surface area contributed by atoms with Crippen LogP contribution in [-0.2, 0) is 0 Å². The molecule has 0 fully saturated rings. The summed E-state index contributed by atoms with van der Waals surface area (Å²) in [6.45, 7) is 1.64. The fourth-order valence-corrected chi connectivity index (χ4v) is 3.58. The van der Waals surface area contributed by atoms with Crippen molar-refractivity contribution in [1.82, 2.24) is 14.4 Å². The normalized spacial score (nSPS) is 11.8. The lowest BCUT2D eigenvalue weighted by Gasteiger charge is -2.20. The summed E-state index contributed by atoms with van der Waals surface area (Å²) in [6, 6.07) is 7.97. The highest BCUT2D eigenvalue weighted by Gasteiger charge is 2.21. The van der Waals surface area contributed by atoms with E-state index in [4.69, 9.17) is 11.5 Å². The van der Waals surface area contributed by atoms with E-state index in [1.165, 1.54) is 12.1 Å². The SMILES string of the molecule is C[C@H](Nc1nc(N)nc(N)c1C#N)c1cc2ccc(F)cn2c(=O)c1-c1cc(F)cc(F)c1. The quantitative estimate of drug-likeness (QED) is 0.433. The van der Waals surface area contributed by atoms with Crippen molar-refractivity contribution in [2.45, 2.75) is 13.0 Å². The number of fused-ring (bicyclic) bond motifs is 1. The lowest BCUT2D eigenvalue weighted by Crippen LogP contribution is -2.22. The number of anilines is 3. The molecular weight excluding hydrogens is 435 g/mol. The molecule has 8 nitrogen and oxygen atoms in total. The molecular formula is C22H16F3N7O. The number of pyridine rings is 2. The topological polar surface area (TPSA) is 135 Å². The van der Waals surface area contributed by atoms with Crippen LogP contribution < -0.4 is 22.3 Å². The minimum Gasteiger partial charge on any atom is -0.382 e.